The molecule has 0 aromatic rings. The fourth-order valence-electron chi connectivity index (χ4n) is 3.21. The van der Waals surface area contributed by atoms with Crippen molar-refractivity contribution in [1.29, 1.82) is 0 Å². The first-order valence-electron chi connectivity index (χ1n) is 6.31. The van der Waals surface area contributed by atoms with Crippen molar-refractivity contribution < 1.29 is 0 Å². The Labute approximate surface area is 89.8 Å². The Bertz CT molecular complexity index is 184. The van der Waals surface area contributed by atoms with Crippen LogP contribution < -0.4 is 0 Å². The Kier molecular flexibility index (Phi) is 4.22. The summed E-state index contributed by atoms with van der Waals surface area (Å²) in [7, 11) is 0. The first-order valence-corrected chi connectivity index (χ1v) is 6.31. The molecule has 0 amide bonds. The SMILES string of the molecule is C=C1CCC(CCC)(CCC)C[C@@H]1C. The number of hydrogen-bond acceptors (Lipinski definition) is 0. The van der Waals surface area contributed by atoms with Gasteiger partial charge in [0.15, 0.2) is 0 Å². The largest absolute Gasteiger partial charge is 0.0996 e. The van der Waals surface area contributed by atoms with Crippen LogP contribution in [0.3, 0.4) is 0 Å². The zero-order valence-corrected chi connectivity index (χ0v) is 10.2. The molecular weight excluding hydrogens is 168 g/mol. The fourth-order valence-corrected chi connectivity index (χ4v) is 3.21. The van der Waals surface area contributed by atoms with Crippen LogP contribution in [-0.4, -0.2) is 0 Å². The highest BCUT2D eigenvalue weighted by Gasteiger charge is 2.34. The molecule has 0 bridgehead atoms. The first-order chi connectivity index (χ1) is 6.63. The monoisotopic (exact) mass is 194 g/mol. The van der Waals surface area contributed by atoms with Gasteiger partial charge in [0.25, 0.3) is 0 Å². The van der Waals surface area contributed by atoms with Crippen molar-refractivity contribution >= 4 is 0 Å². The normalized spacial score (nSPS) is 26.5. The summed E-state index contributed by atoms with van der Waals surface area (Å²) in [5, 5.41) is 0. The second-order valence-corrected chi connectivity index (χ2v) is 5.26. The number of hydrogen-bond donors (Lipinski definition) is 0. The van der Waals surface area contributed by atoms with Crippen molar-refractivity contribution in [2.45, 2.75) is 65.7 Å². The van der Waals surface area contributed by atoms with Gasteiger partial charge in [-0.05, 0) is 43.4 Å². The van der Waals surface area contributed by atoms with Crippen LogP contribution in [0.2, 0.25) is 0 Å². The predicted octanol–water partition coefficient (Wildman–Crippen LogP) is 4.95. The Morgan fingerprint density at radius 1 is 1.29 bits per heavy atom. The van der Waals surface area contributed by atoms with Crippen LogP contribution in [0.1, 0.15) is 65.7 Å². The molecule has 0 aromatic carbocycles. The van der Waals surface area contributed by atoms with Gasteiger partial charge in [0, 0.05) is 0 Å². The van der Waals surface area contributed by atoms with E-state index in [1.54, 1.807) is 0 Å². The molecular formula is C14H26. The van der Waals surface area contributed by atoms with Crippen molar-refractivity contribution in [1.82, 2.24) is 0 Å². The highest BCUT2D eigenvalue weighted by atomic mass is 14.4. The van der Waals surface area contributed by atoms with Gasteiger partial charge < -0.3 is 0 Å². The molecule has 0 saturated heterocycles. The summed E-state index contributed by atoms with van der Waals surface area (Å²) in [5.74, 6) is 0.766. The summed E-state index contributed by atoms with van der Waals surface area (Å²) >= 11 is 0. The summed E-state index contributed by atoms with van der Waals surface area (Å²) in [4.78, 5) is 0. The van der Waals surface area contributed by atoms with E-state index in [1.807, 2.05) is 0 Å². The van der Waals surface area contributed by atoms with E-state index in [9.17, 15) is 0 Å². The van der Waals surface area contributed by atoms with Gasteiger partial charge in [0.1, 0.15) is 0 Å². The van der Waals surface area contributed by atoms with Crippen molar-refractivity contribution in [3.63, 3.8) is 0 Å². The van der Waals surface area contributed by atoms with E-state index < -0.39 is 0 Å². The fraction of sp³-hybridized carbons (Fsp3) is 0.857. The second kappa shape index (κ2) is 5.00. The summed E-state index contributed by atoms with van der Waals surface area (Å²) in [6.07, 6.45) is 9.63. The van der Waals surface area contributed by atoms with Crippen LogP contribution in [0.4, 0.5) is 0 Å². The molecule has 1 atom stereocenters. The van der Waals surface area contributed by atoms with Gasteiger partial charge in [-0.2, -0.15) is 0 Å². The van der Waals surface area contributed by atoms with Gasteiger partial charge in [-0.1, -0.05) is 45.8 Å². The van der Waals surface area contributed by atoms with Crippen molar-refractivity contribution in [3.05, 3.63) is 12.2 Å². The van der Waals surface area contributed by atoms with Crippen LogP contribution in [0.5, 0.6) is 0 Å². The van der Waals surface area contributed by atoms with Gasteiger partial charge in [-0.25, -0.2) is 0 Å². The van der Waals surface area contributed by atoms with E-state index in [2.05, 4.69) is 27.4 Å². The lowest BCUT2D eigenvalue weighted by molar-refractivity contribution is 0.148. The number of rotatable bonds is 4. The molecule has 0 N–H and O–H groups in total. The van der Waals surface area contributed by atoms with Crippen molar-refractivity contribution in [2.24, 2.45) is 11.3 Å². The summed E-state index contributed by atoms with van der Waals surface area (Å²) in [5.41, 5.74) is 2.16. The molecule has 1 aliphatic carbocycles. The zero-order valence-electron chi connectivity index (χ0n) is 10.2. The molecule has 82 valence electrons. The Balaban J connectivity index is 2.63. The third kappa shape index (κ3) is 2.62. The molecule has 1 saturated carbocycles. The van der Waals surface area contributed by atoms with Crippen molar-refractivity contribution in [3.8, 4) is 0 Å². The third-order valence-electron chi connectivity index (χ3n) is 3.97. The first kappa shape index (κ1) is 11.8. The minimum absolute atomic E-state index is 0.671. The van der Waals surface area contributed by atoms with Crippen LogP contribution >= 0.6 is 0 Å². The molecule has 0 heterocycles. The topological polar surface area (TPSA) is 0 Å². The van der Waals surface area contributed by atoms with Crippen molar-refractivity contribution in [2.75, 3.05) is 0 Å². The highest BCUT2D eigenvalue weighted by molar-refractivity contribution is 5.06. The minimum Gasteiger partial charge on any atom is -0.0996 e. The van der Waals surface area contributed by atoms with Crippen LogP contribution in [0, 0.1) is 11.3 Å². The maximum atomic E-state index is 4.18. The van der Waals surface area contributed by atoms with Gasteiger partial charge in [-0.15, -0.1) is 0 Å². The van der Waals surface area contributed by atoms with Crippen LogP contribution in [0.25, 0.3) is 0 Å². The number of allylic oxidation sites excluding steroid dienone is 1. The molecule has 0 aromatic heterocycles. The lowest BCUT2D eigenvalue weighted by atomic mass is 9.64. The maximum absolute atomic E-state index is 4.18. The quantitative estimate of drug-likeness (QED) is 0.555. The van der Waals surface area contributed by atoms with Gasteiger partial charge >= 0.3 is 0 Å². The standard InChI is InChI=1S/C14H26/c1-5-8-14(9-6-2)10-7-12(3)13(4)11-14/h13H,3,5-11H2,1-2,4H3/t13-/m0/s1. The third-order valence-corrected chi connectivity index (χ3v) is 3.97. The van der Waals surface area contributed by atoms with E-state index in [0.29, 0.717) is 5.41 Å². The maximum Gasteiger partial charge on any atom is -0.0229 e. The molecule has 1 rings (SSSR count). The minimum atomic E-state index is 0.671. The summed E-state index contributed by atoms with van der Waals surface area (Å²) in [6.45, 7) is 11.2. The predicted molar refractivity (Wildman–Crippen MR) is 64.4 cm³/mol. The molecule has 0 aliphatic heterocycles. The molecule has 0 heteroatoms. The Morgan fingerprint density at radius 3 is 2.29 bits per heavy atom. The zero-order chi connectivity index (χ0) is 10.6. The van der Waals surface area contributed by atoms with E-state index in [-0.39, 0.29) is 0 Å². The highest BCUT2D eigenvalue weighted by Crippen LogP contribution is 2.47. The molecule has 1 fully saturated rings. The van der Waals surface area contributed by atoms with Crippen LogP contribution in [-0.2, 0) is 0 Å². The molecule has 14 heavy (non-hydrogen) atoms. The van der Waals surface area contributed by atoms with Gasteiger partial charge in [0.05, 0.1) is 0 Å². The molecule has 0 nitrogen and oxygen atoms in total. The lowest BCUT2D eigenvalue weighted by Gasteiger charge is -2.41. The molecule has 0 radical (unpaired) electrons. The summed E-state index contributed by atoms with van der Waals surface area (Å²) in [6, 6.07) is 0. The molecule has 0 unspecified atom stereocenters. The van der Waals surface area contributed by atoms with E-state index in [4.69, 9.17) is 0 Å². The van der Waals surface area contributed by atoms with E-state index in [1.165, 1.54) is 50.5 Å². The van der Waals surface area contributed by atoms with E-state index in [0.717, 1.165) is 5.92 Å². The summed E-state index contributed by atoms with van der Waals surface area (Å²) < 4.78 is 0. The molecule has 0 spiro atoms. The average Bonchev–Trinajstić information content (AvgIpc) is 2.13. The van der Waals surface area contributed by atoms with Gasteiger partial charge in [-0.3, -0.25) is 0 Å². The molecule has 1 aliphatic rings. The van der Waals surface area contributed by atoms with Crippen LogP contribution in [0.15, 0.2) is 12.2 Å². The van der Waals surface area contributed by atoms with E-state index >= 15 is 0 Å². The average molecular weight is 194 g/mol. The Hall–Kier alpha value is -0.260. The Morgan fingerprint density at radius 2 is 1.86 bits per heavy atom. The smallest absolute Gasteiger partial charge is 0.0229 e. The second-order valence-electron chi connectivity index (χ2n) is 5.26. The lowest BCUT2D eigenvalue weighted by Crippen LogP contribution is -2.28. The van der Waals surface area contributed by atoms with Gasteiger partial charge in [0.2, 0.25) is 0 Å².